The molecule has 0 aromatic heterocycles. The summed E-state index contributed by atoms with van der Waals surface area (Å²) in [6.45, 7) is 2.72. The van der Waals surface area contributed by atoms with Gasteiger partial charge in [-0.1, -0.05) is 251 Å². The van der Waals surface area contributed by atoms with Crippen molar-refractivity contribution in [3.63, 3.8) is 0 Å². The SMILES string of the molecule is CC/C=C\C/C=C\C/C=C\C/C=C\C/C=C\C/C=C\C/C=C\C/C=C\C/C=C\C/C=C\CCCCCCCCC(=O)NC(COC1OC(CO)C(OC2OC(CO)C(O)C(O)C2O)C(O)C1O)C(O)CCCCCCCCCCCCCCCC. The summed E-state index contributed by atoms with van der Waals surface area (Å²) in [5.41, 5.74) is 0. The maximum atomic E-state index is 13.3. The average molecular weight is 1190 g/mol. The number of nitrogens with one attached hydrogen (secondary N) is 1. The Labute approximate surface area is 514 Å². The third kappa shape index (κ3) is 39.1. The second-order valence-corrected chi connectivity index (χ2v) is 22.9. The largest absolute Gasteiger partial charge is 0.394 e. The fourth-order valence-corrected chi connectivity index (χ4v) is 10.1. The van der Waals surface area contributed by atoms with Crippen LogP contribution in [0.1, 0.15) is 226 Å². The lowest BCUT2D eigenvalue weighted by Gasteiger charge is -2.46. The highest BCUT2D eigenvalue weighted by Gasteiger charge is 2.51. The van der Waals surface area contributed by atoms with E-state index in [0.29, 0.717) is 12.8 Å². The first-order valence-corrected chi connectivity index (χ1v) is 33.3. The lowest BCUT2D eigenvalue weighted by atomic mass is 9.97. The van der Waals surface area contributed by atoms with Crippen LogP contribution < -0.4 is 5.32 Å². The maximum absolute atomic E-state index is 13.3. The van der Waals surface area contributed by atoms with Crippen molar-refractivity contribution in [2.75, 3.05) is 19.8 Å². The molecule has 486 valence electrons. The second-order valence-electron chi connectivity index (χ2n) is 22.9. The Morgan fingerprint density at radius 2 is 0.812 bits per heavy atom. The molecule has 14 nitrogen and oxygen atoms in total. The van der Waals surface area contributed by atoms with E-state index in [2.05, 4.69) is 141 Å². The Morgan fingerprint density at radius 3 is 1.25 bits per heavy atom. The Hall–Kier alpha value is -3.61. The van der Waals surface area contributed by atoms with Crippen LogP contribution in [-0.2, 0) is 23.7 Å². The lowest BCUT2D eigenvalue weighted by Crippen LogP contribution is -2.65. The molecule has 0 saturated carbocycles. The molecular formula is C71H119NO13. The van der Waals surface area contributed by atoms with Gasteiger partial charge in [0, 0.05) is 6.42 Å². The van der Waals surface area contributed by atoms with E-state index in [9.17, 15) is 45.6 Å². The average Bonchev–Trinajstić information content (AvgIpc) is 3.65. The summed E-state index contributed by atoms with van der Waals surface area (Å²) in [7, 11) is 0. The number of allylic oxidation sites excluding steroid dienone is 20. The van der Waals surface area contributed by atoms with E-state index >= 15 is 0 Å². The first-order valence-electron chi connectivity index (χ1n) is 33.3. The normalized spacial score (nSPS) is 24.4. The molecule has 2 fully saturated rings. The monoisotopic (exact) mass is 1190 g/mol. The Kier molecular flexibility index (Phi) is 49.7. The molecule has 2 aliphatic rings. The van der Waals surface area contributed by atoms with Crippen molar-refractivity contribution >= 4 is 5.91 Å². The summed E-state index contributed by atoms with van der Waals surface area (Å²) >= 11 is 0. The van der Waals surface area contributed by atoms with Gasteiger partial charge in [-0.15, -0.1) is 0 Å². The molecule has 0 aliphatic carbocycles. The molecule has 1 amide bonds. The highest BCUT2D eigenvalue weighted by Crippen LogP contribution is 2.30. The van der Waals surface area contributed by atoms with Gasteiger partial charge < -0.3 is 65.1 Å². The van der Waals surface area contributed by atoms with Crippen LogP contribution in [0.15, 0.2) is 122 Å². The van der Waals surface area contributed by atoms with Crippen LogP contribution in [0.4, 0.5) is 0 Å². The van der Waals surface area contributed by atoms with Gasteiger partial charge >= 0.3 is 0 Å². The van der Waals surface area contributed by atoms with Crippen molar-refractivity contribution in [2.45, 2.75) is 299 Å². The molecule has 0 radical (unpaired) electrons. The van der Waals surface area contributed by atoms with Crippen molar-refractivity contribution in [3.05, 3.63) is 122 Å². The molecule has 12 unspecified atom stereocenters. The van der Waals surface area contributed by atoms with Crippen molar-refractivity contribution in [1.82, 2.24) is 5.32 Å². The predicted molar refractivity (Wildman–Crippen MR) is 345 cm³/mol. The first-order chi connectivity index (χ1) is 41.6. The number of hydrogen-bond donors (Lipinski definition) is 9. The van der Waals surface area contributed by atoms with Crippen molar-refractivity contribution < 1.29 is 64.6 Å². The second kappa shape index (κ2) is 54.5. The van der Waals surface area contributed by atoms with Gasteiger partial charge in [-0.25, -0.2) is 0 Å². The van der Waals surface area contributed by atoms with Crippen LogP contribution in [-0.4, -0.2) is 140 Å². The number of ether oxygens (including phenoxy) is 4. The summed E-state index contributed by atoms with van der Waals surface area (Å²) in [5, 5.41) is 87.3. The molecule has 2 rings (SSSR count). The number of rotatable bonds is 52. The number of carbonyl (C=O) groups excluding carboxylic acids is 1. The summed E-state index contributed by atoms with van der Waals surface area (Å²) in [5.74, 6) is -0.226. The molecule has 0 aromatic carbocycles. The van der Waals surface area contributed by atoms with Gasteiger partial charge in [0.1, 0.15) is 48.8 Å². The smallest absolute Gasteiger partial charge is 0.220 e. The Morgan fingerprint density at radius 1 is 0.435 bits per heavy atom. The highest BCUT2D eigenvalue weighted by molar-refractivity contribution is 5.76. The summed E-state index contributed by atoms with van der Waals surface area (Å²) < 4.78 is 22.8. The number of hydrogen-bond acceptors (Lipinski definition) is 13. The third-order valence-corrected chi connectivity index (χ3v) is 15.4. The van der Waals surface area contributed by atoms with Crippen LogP contribution in [0, 0.1) is 0 Å². The van der Waals surface area contributed by atoms with Crippen LogP contribution in [0.3, 0.4) is 0 Å². The fraction of sp³-hybridized carbons (Fsp3) is 0.704. The number of aliphatic hydroxyl groups excluding tert-OH is 8. The zero-order valence-electron chi connectivity index (χ0n) is 52.6. The highest BCUT2D eigenvalue weighted by atomic mass is 16.7. The van der Waals surface area contributed by atoms with Crippen LogP contribution in [0.2, 0.25) is 0 Å². The maximum Gasteiger partial charge on any atom is 0.220 e. The number of carbonyl (C=O) groups is 1. The van der Waals surface area contributed by atoms with E-state index in [0.717, 1.165) is 128 Å². The number of amides is 1. The predicted octanol–water partition coefficient (Wildman–Crippen LogP) is 12.9. The van der Waals surface area contributed by atoms with E-state index in [1.54, 1.807) is 0 Å². The molecule has 85 heavy (non-hydrogen) atoms. The molecule has 14 heteroatoms. The summed E-state index contributed by atoms with van der Waals surface area (Å²) in [6, 6.07) is -0.845. The van der Waals surface area contributed by atoms with E-state index < -0.39 is 86.8 Å². The molecule has 0 bridgehead atoms. The van der Waals surface area contributed by atoms with Gasteiger partial charge in [0.15, 0.2) is 12.6 Å². The Bertz CT molecular complexity index is 1890. The van der Waals surface area contributed by atoms with Gasteiger partial charge in [0.25, 0.3) is 0 Å². The molecule has 2 heterocycles. The summed E-state index contributed by atoms with van der Waals surface area (Å²) in [6.07, 6.45) is 62.0. The van der Waals surface area contributed by atoms with Gasteiger partial charge in [0.05, 0.1) is 32.0 Å². The van der Waals surface area contributed by atoms with E-state index in [-0.39, 0.29) is 18.9 Å². The Balaban J connectivity index is 1.66. The van der Waals surface area contributed by atoms with Crippen molar-refractivity contribution in [1.29, 1.82) is 0 Å². The standard InChI is InChI=1S/C71H119NO13/c1-3-5-7-9-11-13-15-17-19-20-21-22-23-24-25-26-27-28-29-30-31-32-33-34-35-36-37-38-39-40-41-43-45-47-49-51-53-55-63(76)72-59(60(75)54-52-50-48-46-44-42-18-16-14-12-10-8-6-4-2)58-82-70-68(81)66(79)69(62(57-74)84-70)85-71-67(80)65(78)64(77)61(56-73)83-71/h5,7,11,13,17,19,21-22,24-25,27-28,30-31,33-34,36-37,39-40,59-62,64-71,73-75,77-81H,3-4,6,8-10,12,14-16,18,20,23,26,29,32,35,38,41-58H2,1-2H3,(H,72,76)/b7-5-,13-11-,19-17-,22-21-,25-24-,28-27-,31-30-,34-33-,37-36-,40-39-. The minimum atomic E-state index is -1.79. The summed E-state index contributed by atoms with van der Waals surface area (Å²) in [4.78, 5) is 13.3. The first kappa shape index (κ1) is 77.5. The number of unbranched alkanes of at least 4 members (excludes halogenated alkanes) is 19. The van der Waals surface area contributed by atoms with E-state index in [4.69, 9.17) is 18.9 Å². The molecule has 2 aliphatic heterocycles. The topological polar surface area (TPSA) is 228 Å². The zero-order valence-corrected chi connectivity index (χ0v) is 52.6. The van der Waals surface area contributed by atoms with E-state index in [1.807, 2.05) is 0 Å². The lowest BCUT2D eigenvalue weighted by molar-refractivity contribution is -0.359. The minimum Gasteiger partial charge on any atom is -0.394 e. The van der Waals surface area contributed by atoms with E-state index in [1.165, 1.54) is 64.2 Å². The minimum absolute atomic E-state index is 0.226. The molecule has 9 N–H and O–H groups in total. The number of aliphatic hydroxyl groups is 8. The molecule has 0 spiro atoms. The zero-order chi connectivity index (χ0) is 61.6. The molecular weight excluding hydrogens is 1070 g/mol. The molecule has 0 aromatic rings. The van der Waals surface area contributed by atoms with Crippen LogP contribution in [0.5, 0.6) is 0 Å². The quantitative estimate of drug-likeness (QED) is 0.0204. The van der Waals surface area contributed by atoms with Gasteiger partial charge in [-0.2, -0.15) is 0 Å². The van der Waals surface area contributed by atoms with Crippen molar-refractivity contribution in [2.24, 2.45) is 0 Å². The third-order valence-electron chi connectivity index (χ3n) is 15.4. The van der Waals surface area contributed by atoms with Crippen molar-refractivity contribution in [3.8, 4) is 0 Å². The fourth-order valence-electron chi connectivity index (χ4n) is 10.1. The van der Waals surface area contributed by atoms with Crippen LogP contribution in [0.25, 0.3) is 0 Å². The van der Waals surface area contributed by atoms with Crippen LogP contribution >= 0.6 is 0 Å². The molecule has 12 atom stereocenters. The van der Waals surface area contributed by atoms with Gasteiger partial charge in [-0.3, -0.25) is 4.79 Å². The van der Waals surface area contributed by atoms with Gasteiger partial charge in [-0.05, 0) is 89.9 Å². The molecule has 2 saturated heterocycles. The van der Waals surface area contributed by atoms with Gasteiger partial charge in [0.2, 0.25) is 5.91 Å².